The maximum absolute atomic E-state index is 12.1. The molecule has 0 unspecified atom stereocenters. The number of rotatable bonds is 2. The summed E-state index contributed by atoms with van der Waals surface area (Å²) in [7, 11) is 0. The quantitative estimate of drug-likeness (QED) is 0.889. The molecule has 2 fully saturated rings. The van der Waals surface area contributed by atoms with Crippen LogP contribution in [0.25, 0.3) is 0 Å². The predicted octanol–water partition coefficient (Wildman–Crippen LogP) is 2.71. The van der Waals surface area contributed by atoms with E-state index in [0.29, 0.717) is 11.8 Å². The largest absolute Gasteiger partial charge is 0.415 e. The maximum Gasteiger partial charge on any atom is 0.415 e. The summed E-state index contributed by atoms with van der Waals surface area (Å²) in [6.07, 6.45) is 4.25. The Morgan fingerprint density at radius 3 is 2.74 bits per heavy atom. The van der Waals surface area contributed by atoms with Gasteiger partial charge in [0.1, 0.15) is 5.75 Å². The lowest BCUT2D eigenvalue weighted by Crippen LogP contribution is -2.31. The number of amides is 1. The van der Waals surface area contributed by atoms with Crippen molar-refractivity contribution in [3.05, 3.63) is 29.8 Å². The minimum atomic E-state index is -0.206. The SMILES string of the molecule is O=C(Oc1ccccc1[C@H]1CCCN1)N1CCCC1. The molecule has 1 aromatic rings. The zero-order chi connectivity index (χ0) is 13.1. The van der Waals surface area contributed by atoms with Crippen molar-refractivity contribution in [3.8, 4) is 5.75 Å². The van der Waals surface area contributed by atoms with E-state index in [1.807, 2.05) is 18.2 Å². The summed E-state index contributed by atoms with van der Waals surface area (Å²) < 4.78 is 5.59. The second-order valence-corrected chi connectivity index (χ2v) is 5.25. The van der Waals surface area contributed by atoms with Gasteiger partial charge in [-0.3, -0.25) is 0 Å². The molecule has 2 saturated heterocycles. The Balaban J connectivity index is 1.74. The number of nitrogens with one attached hydrogen (secondary N) is 1. The van der Waals surface area contributed by atoms with E-state index >= 15 is 0 Å². The van der Waals surface area contributed by atoms with Crippen molar-refractivity contribution in [1.29, 1.82) is 0 Å². The minimum Gasteiger partial charge on any atom is -0.410 e. The van der Waals surface area contributed by atoms with E-state index in [-0.39, 0.29) is 6.09 Å². The number of carbonyl (C=O) groups excluding carboxylic acids is 1. The monoisotopic (exact) mass is 260 g/mol. The number of likely N-dealkylation sites (tertiary alicyclic amines) is 1. The highest BCUT2D eigenvalue weighted by Gasteiger charge is 2.24. The lowest BCUT2D eigenvalue weighted by molar-refractivity contribution is 0.162. The van der Waals surface area contributed by atoms with Crippen LogP contribution >= 0.6 is 0 Å². The molecule has 0 aliphatic carbocycles. The Morgan fingerprint density at radius 1 is 1.21 bits per heavy atom. The van der Waals surface area contributed by atoms with Gasteiger partial charge in [-0.25, -0.2) is 4.79 Å². The molecule has 1 N–H and O–H groups in total. The Labute approximate surface area is 113 Å². The number of ether oxygens (including phenoxy) is 1. The molecule has 1 amide bonds. The highest BCUT2D eigenvalue weighted by atomic mass is 16.6. The molecule has 0 bridgehead atoms. The number of para-hydroxylation sites is 1. The van der Waals surface area contributed by atoms with Crippen molar-refractivity contribution in [1.82, 2.24) is 10.2 Å². The number of hydrogen-bond donors (Lipinski definition) is 1. The molecule has 2 heterocycles. The van der Waals surface area contributed by atoms with Crippen LogP contribution in [0.4, 0.5) is 4.79 Å². The highest BCUT2D eigenvalue weighted by molar-refractivity contribution is 5.71. The van der Waals surface area contributed by atoms with Crippen LogP contribution in [-0.4, -0.2) is 30.6 Å². The van der Waals surface area contributed by atoms with E-state index in [2.05, 4.69) is 11.4 Å². The molecule has 0 aromatic heterocycles. The lowest BCUT2D eigenvalue weighted by Gasteiger charge is -2.19. The minimum absolute atomic E-state index is 0.206. The summed E-state index contributed by atoms with van der Waals surface area (Å²) in [6.45, 7) is 2.68. The molecular weight excluding hydrogens is 240 g/mol. The van der Waals surface area contributed by atoms with E-state index in [9.17, 15) is 4.79 Å². The van der Waals surface area contributed by atoms with E-state index in [4.69, 9.17) is 4.74 Å². The first kappa shape index (κ1) is 12.5. The third-order valence-corrected chi connectivity index (χ3v) is 3.92. The molecule has 4 heteroatoms. The van der Waals surface area contributed by atoms with Gasteiger partial charge in [-0.1, -0.05) is 18.2 Å². The molecule has 0 spiro atoms. The third-order valence-electron chi connectivity index (χ3n) is 3.92. The number of benzene rings is 1. The Hall–Kier alpha value is -1.55. The average Bonchev–Trinajstić information content (AvgIpc) is 3.13. The van der Waals surface area contributed by atoms with Crippen LogP contribution in [0.2, 0.25) is 0 Å². The molecule has 2 aliphatic heterocycles. The van der Waals surface area contributed by atoms with Crippen molar-refractivity contribution < 1.29 is 9.53 Å². The van der Waals surface area contributed by atoms with Gasteiger partial charge in [-0.2, -0.15) is 0 Å². The first-order valence-electron chi connectivity index (χ1n) is 7.13. The smallest absolute Gasteiger partial charge is 0.410 e. The molecule has 102 valence electrons. The van der Waals surface area contributed by atoms with Crippen LogP contribution in [0.1, 0.15) is 37.3 Å². The van der Waals surface area contributed by atoms with Crippen LogP contribution in [-0.2, 0) is 0 Å². The maximum atomic E-state index is 12.1. The Morgan fingerprint density at radius 2 is 2.00 bits per heavy atom. The first-order chi connectivity index (χ1) is 9.34. The molecule has 4 nitrogen and oxygen atoms in total. The lowest BCUT2D eigenvalue weighted by atomic mass is 10.0. The second-order valence-electron chi connectivity index (χ2n) is 5.25. The standard InChI is InChI=1S/C15H20N2O2/c18-15(17-10-3-4-11-17)19-14-8-2-1-6-12(14)13-7-5-9-16-13/h1-2,6,8,13,16H,3-5,7,9-11H2/t13-/m1/s1. The summed E-state index contributed by atoms with van der Waals surface area (Å²) in [4.78, 5) is 13.9. The van der Waals surface area contributed by atoms with Gasteiger partial charge in [0.25, 0.3) is 0 Å². The van der Waals surface area contributed by atoms with Gasteiger partial charge in [-0.05, 0) is 38.3 Å². The van der Waals surface area contributed by atoms with Crippen molar-refractivity contribution >= 4 is 6.09 Å². The van der Waals surface area contributed by atoms with Gasteiger partial charge in [-0.15, -0.1) is 0 Å². The molecule has 3 rings (SSSR count). The van der Waals surface area contributed by atoms with Gasteiger partial charge < -0.3 is 15.0 Å². The Bertz CT molecular complexity index is 449. The van der Waals surface area contributed by atoms with Gasteiger partial charge in [0.15, 0.2) is 0 Å². The van der Waals surface area contributed by atoms with E-state index in [1.165, 1.54) is 6.42 Å². The van der Waals surface area contributed by atoms with Gasteiger partial charge in [0.2, 0.25) is 0 Å². The first-order valence-corrected chi connectivity index (χ1v) is 7.13. The molecular formula is C15H20N2O2. The number of carbonyl (C=O) groups is 1. The van der Waals surface area contributed by atoms with Crippen LogP contribution in [0.3, 0.4) is 0 Å². The van der Waals surface area contributed by atoms with Crippen molar-refractivity contribution in [3.63, 3.8) is 0 Å². The van der Waals surface area contributed by atoms with Crippen LogP contribution in [0.5, 0.6) is 5.75 Å². The fourth-order valence-corrected chi connectivity index (χ4v) is 2.87. The van der Waals surface area contributed by atoms with Crippen molar-refractivity contribution in [2.45, 2.75) is 31.7 Å². The Kier molecular flexibility index (Phi) is 3.69. The molecule has 1 aromatic carbocycles. The van der Waals surface area contributed by atoms with Gasteiger partial charge in [0.05, 0.1) is 0 Å². The van der Waals surface area contributed by atoms with E-state index in [0.717, 1.165) is 44.5 Å². The normalized spacial score (nSPS) is 22.7. The summed E-state index contributed by atoms with van der Waals surface area (Å²) in [5, 5.41) is 3.45. The number of hydrogen-bond acceptors (Lipinski definition) is 3. The summed E-state index contributed by atoms with van der Waals surface area (Å²) in [5.41, 5.74) is 1.10. The average molecular weight is 260 g/mol. The van der Waals surface area contributed by atoms with Crippen molar-refractivity contribution in [2.75, 3.05) is 19.6 Å². The number of nitrogens with zero attached hydrogens (tertiary/aromatic N) is 1. The van der Waals surface area contributed by atoms with Gasteiger partial charge >= 0.3 is 6.09 Å². The fraction of sp³-hybridized carbons (Fsp3) is 0.533. The summed E-state index contributed by atoms with van der Waals surface area (Å²) in [6, 6.07) is 8.19. The zero-order valence-electron chi connectivity index (χ0n) is 11.1. The molecule has 0 saturated carbocycles. The predicted molar refractivity (Wildman–Crippen MR) is 73.3 cm³/mol. The molecule has 19 heavy (non-hydrogen) atoms. The highest BCUT2D eigenvalue weighted by Crippen LogP contribution is 2.31. The third kappa shape index (κ3) is 2.73. The fourth-order valence-electron chi connectivity index (χ4n) is 2.87. The van der Waals surface area contributed by atoms with Crippen molar-refractivity contribution in [2.24, 2.45) is 0 Å². The van der Waals surface area contributed by atoms with E-state index < -0.39 is 0 Å². The molecule has 2 aliphatic rings. The molecule has 1 atom stereocenters. The van der Waals surface area contributed by atoms with E-state index in [1.54, 1.807) is 4.90 Å². The topological polar surface area (TPSA) is 41.6 Å². The van der Waals surface area contributed by atoms with Crippen LogP contribution in [0.15, 0.2) is 24.3 Å². The van der Waals surface area contributed by atoms with Crippen LogP contribution in [0, 0.1) is 0 Å². The summed E-state index contributed by atoms with van der Waals surface area (Å²) in [5.74, 6) is 0.707. The zero-order valence-corrected chi connectivity index (χ0v) is 11.1. The molecule has 0 radical (unpaired) electrons. The van der Waals surface area contributed by atoms with Gasteiger partial charge in [0, 0.05) is 24.7 Å². The second kappa shape index (κ2) is 5.61. The van der Waals surface area contributed by atoms with Crippen LogP contribution < -0.4 is 10.1 Å². The summed E-state index contributed by atoms with van der Waals surface area (Å²) >= 11 is 0.